The van der Waals surface area contributed by atoms with Crippen molar-refractivity contribution >= 4 is 15.9 Å². The van der Waals surface area contributed by atoms with E-state index in [9.17, 15) is 0 Å². The number of rotatable bonds is 2. The van der Waals surface area contributed by atoms with E-state index in [0.29, 0.717) is 0 Å². The zero-order chi connectivity index (χ0) is 10.8. The molecule has 0 N–H and O–H groups in total. The Kier molecular flexibility index (Phi) is 2.77. The van der Waals surface area contributed by atoms with Gasteiger partial charge in [-0.15, -0.1) is 0 Å². The van der Waals surface area contributed by atoms with Crippen LogP contribution in [0.3, 0.4) is 0 Å². The second-order valence-corrected chi connectivity index (χ2v) is 4.08. The number of hydrogen-bond acceptors (Lipinski definition) is 2. The van der Waals surface area contributed by atoms with E-state index >= 15 is 0 Å². The molecule has 0 bridgehead atoms. The summed E-state index contributed by atoms with van der Waals surface area (Å²) in [6.07, 6.45) is 1.93. The number of hydrogen-bond donors (Lipinski definition) is 0. The third-order valence-corrected chi connectivity index (χ3v) is 2.73. The molecule has 15 heavy (non-hydrogen) atoms. The molecule has 2 rings (SSSR count). The van der Waals surface area contributed by atoms with Gasteiger partial charge in [0.05, 0.1) is 11.6 Å². The first-order valence-corrected chi connectivity index (χ1v) is 5.33. The highest BCUT2D eigenvalue weighted by molar-refractivity contribution is 9.10. The van der Waals surface area contributed by atoms with Crippen molar-refractivity contribution in [3.8, 4) is 17.0 Å². The Hall–Kier alpha value is -1.29. The molecule has 0 atom stereocenters. The molecule has 0 saturated heterocycles. The van der Waals surface area contributed by atoms with Gasteiger partial charge in [-0.1, -0.05) is 0 Å². The van der Waals surface area contributed by atoms with Crippen molar-refractivity contribution in [3.63, 3.8) is 0 Å². The Morgan fingerprint density at radius 3 is 2.40 bits per heavy atom. The number of methoxy groups -OCH3 is 1. The van der Waals surface area contributed by atoms with Crippen LogP contribution in [0.2, 0.25) is 0 Å². The van der Waals surface area contributed by atoms with Gasteiger partial charge in [-0.2, -0.15) is 5.10 Å². The van der Waals surface area contributed by atoms with Crippen LogP contribution < -0.4 is 4.74 Å². The van der Waals surface area contributed by atoms with E-state index in [1.165, 1.54) is 0 Å². The summed E-state index contributed by atoms with van der Waals surface area (Å²) >= 11 is 3.47. The fraction of sp³-hybridized carbons (Fsp3) is 0.182. The van der Waals surface area contributed by atoms with Crippen LogP contribution in [0, 0.1) is 0 Å². The molecule has 1 aromatic heterocycles. The summed E-state index contributed by atoms with van der Waals surface area (Å²) < 4.78 is 7.88. The average Bonchev–Trinajstić information content (AvgIpc) is 2.58. The van der Waals surface area contributed by atoms with Crippen molar-refractivity contribution in [1.29, 1.82) is 0 Å². The summed E-state index contributed by atoms with van der Waals surface area (Å²) in [6, 6.07) is 7.84. The van der Waals surface area contributed by atoms with Crippen LogP contribution in [0.4, 0.5) is 0 Å². The summed E-state index contributed by atoms with van der Waals surface area (Å²) in [7, 11) is 3.56. The maximum absolute atomic E-state index is 5.10. The van der Waals surface area contributed by atoms with Gasteiger partial charge in [0, 0.05) is 18.8 Å². The molecule has 0 aliphatic carbocycles. The van der Waals surface area contributed by atoms with Gasteiger partial charge in [0.2, 0.25) is 0 Å². The van der Waals surface area contributed by atoms with Crippen LogP contribution >= 0.6 is 15.9 Å². The van der Waals surface area contributed by atoms with Gasteiger partial charge in [-0.3, -0.25) is 4.68 Å². The Balaban J connectivity index is 2.41. The SMILES string of the molecule is COc1ccc(-c2nn(C)cc2Br)cc1. The molecular weight excluding hydrogens is 256 g/mol. The molecule has 4 heteroatoms. The fourth-order valence-electron chi connectivity index (χ4n) is 1.40. The molecule has 0 amide bonds. The Bertz CT molecular complexity index is 462. The van der Waals surface area contributed by atoms with Crippen molar-refractivity contribution in [2.24, 2.45) is 7.05 Å². The standard InChI is InChI=1S/C11H11BrN2O/c1-14-7-10(12)11(13-14)8-3-5-9(15-2)6-4-8/h3-7H,1-2H3. The smallest absolute Gasteiger partial charge is 0.118 e. The maximum Gasteiger partial charge on any atom is 0.118 e. The second-order valence-electron chi connectivity index (χ2n) is 3.23. The minimum Gasteiger partial charge on any atom is -0.497 e. The van der Waals surface area contributed by atoms with Crippen LogP contribution in [0.5, 0.6) is 5.75 Å². The highest BCUT2D eigenvalue weighted by atomic mass is 79.9. The predicted molar refractivity (Wildman–Crippen MR) is 62.9 cm³/mol. The molecule has 0 fully saturated rings. The lowest BCUT2D eigenvalue weighted by molar-refractivity contribution is 0.415. The molecule has 1 aromatic carbocycles. The van der Waals surface area contributed by atoms with E-state index in [4.69, 9.17) is 4.74 Å². The third-order valence-electron chi connectivity index (χ3n) is 2.15. The zero-order valence-electron chi connectivity index (χ0n) is 8.57. The van der Waals surface area contributed by atoms with Gasteiger partial charge in [0.15, 0.2) is 0 Å². The van der Waals surface area contributed by atoms with E-state index in [-0.39, 0.29) is 0 Å². The summed E-state index contributed by atoms with van der Waals surface area (Å²) in [5, 5.41) is 4.36. The minimum absolute atomic E-state index is 0.853. The number of aromatic nitrogens is 2. The Morgan fingerprint density at radius 2 is 1.93 bits per heavy atom. The summed E-state index contributed by atoms with van der Waals surface area (Å²) in [4.78, 5) is 0. The number of ether oxygens (including phenoxy) is 1. The lowest BCUT2D eigenvalue weighted by Gasteiger charge is -2.01. The number of aryl methyl sites for hydroxylation is 1. The molecular formula is C11H11BrN2O. The van der Waals surface area contributed by atoms with E-state index < -0.39 is 0 Å². The summed E-state index contributed by atoms with van der Waals surface area (Å²) in [5.41, 5.74) is 2.02. The van der Waals surface area contributed by atoms with E-state index in [1.807, 2.05) is 37.5 Å². The van der Waals surface area contributed by atoms with E-state index in [1.54, 1.807) is 11.8 Å². The minimum atomic E-state index is 0.853. The normalized spacial score (nSPS) is 10.3. The van der Waals surface area contributed by atoms with Crippen LogP contribution in [-0.4, -0.2) is 16.9 Å². The molecule has 0 saturated carbocycles. The average molecular weight is 267 g/mol. The topological polar surface area (TPSA) is 27.1 Å². The number of benzene rings is 1. The third kappa shape index (κ3) is 2.04. The molecule has 0 spiro atoms. The van der Waals surface area contributed by atoms with Gasteiger partial charge in [0.25, 0.3) is 0 Å². The number of halogens is 1. The van der Waals surface area contributed by atoms with Crippen molar-refractivity contribution in [2.45, 2.75) is 0 Å². The number of nitrogens with zero attached hydrogens (tertiary/aromatic N) is 2. The molecule has 1 heterocycles. The zero-order valence-corrected chi connectivity index (χ0v) is 10.2. The van der Waals surface area contributed by atoms with Crippen LogP contribution in [0.1, 0.15) is 0 Å². The lowest BCUT2D eigenvalue weighted by Crippen LogP contribution is -1.88. The lowest BCUT2D eigenvalue weighted by atomic mass is 10.1. The van der Waals surface area contributed by atoms with Gasteiger partial charge in [-0.25, -0.2) is 0 Å². The molecule has 3 nitrogen and oxygen atoms in total. The first-order chi connectivity index (χ1) is 7.20. The summed E-state index contributed by atoms with van der Waals surface area (Å²) in [5.74, 6) is 0.853. The fourth-order valence-corrected chi connectivity index (χ4v) is 2.01. The molecule has 0 unspecified atom stereocenters. The second kappa shape index (κ2) is 4.06. The monoisotopic (exact) mass is 266 g/mol. The molecule has 0 aliphatic heterocycles. The quantitative estimate of drug-likeness (QED) is 0.836. The van der Waals surface area contributed by atoms with Gasteiger partial charge in [-0.05, 0) is 40.2 Å². The van der Waals surface area contributed by atoms with E-state index in [0.717, 1.165) is 21.5 Å². The Morgan fingerprint density at radius 1 is 1.27 bits per heavy atom. The Labute approximate surface area is 96.8 Å². The van der Waals surface area contributed by atoms with Crippen LogP contribution in [-0.2, 0) is 7.05 Å². The first kappa shape index (κ1) is 10.2. The molecule has 0 radical (unpaired) electrons. The van der Waals surface area contributed by atoms with Crippen molar-refractivity contribution in [2.75, 3.05) is 7.11 Å². The highest BCUT2D eigenvalue weighted by Crippen LogP contribution is 2.27. The van der Waals surface area contributed by atoms with Gasteiger partial charge < -0.3 is 4.74 Å². The highest BCUT2D eigenvalue weighted by Gasteiger charge is 2.07. The maximum atomic E-state index is 5.10. The van der Waals surface area contributed by atoms with Crippen LogP contribution in [0.15, 0.2) is 34.9 Å². The van der Waals surface area contributed by atoms with Crippen molar-refractivity contribution in [3.05, 3.63) is 34.9 Å². The first-order valence-electron chi connectivity index (χ1n) is 4.54. The van der Waals surface area contributed by atoms with Crippen LogP contribution in [0.25, 0.3) is 11.3 Å². The predicted octanol–water partition coefficient (Wildman–Crippen LogP) is 2.86. The van der Waals surface area contributed by atoms with E-state index in [2.05, 4.69) is 21.0 Å². The largest absolute Gasteiger partial charge is 0.497 e. The van der Waals surface area contributed by atoms with Gasteiger partial charge in [0.1, 0.15) is 11.4 Å². The van der Waals surface area contributed by atoms with Crippen molar-refractivity contribution < 1.29 is 4.74 Å². The molecule has 0 aliphatic rings. The van der Waals surface area contributed by atoms with Gasteiger partial charge >= 0.3 is 0 Å². The van der Waals surface area contributed by atoms with Crippen molar-refractivity contribution in [1.82, 2.24) is 9.78 Å². The summed E-state index contributed by atoms with van der Waals surface area (Å²) in [6.45, 7) is 0. The molecule has 2 aromatic rings. The molecule has 78 valence electrons.